The second-order valence-corrected chi connectivity index (χ2v) is 6.10. The first kappa shape index (κ1) is 17.1. The molecule has 0 atom stereocenters. The number of hydrogen-bond donors (Lipinski definition) is 1. The summed E-state index contributed by atoms with van der Waals surface area (Å²) in [6, 6.07) is 18.3. The van der Waals surface area contributed by atoms with Gasteiger partial charge in [-0.25, -0.2) is 0 Å². The number of amides is 1. The number of carbonyl (C=O) groups is 1. The summed E-state index contributed by atoms with van der Waals surface area (Å²) in [5, 5.41) is 4.11. The smallest absolute Gasteiger partial charge is 0.258 e. The highest BCUT2D eigenvalue weighted by Gasteiger charge is 2.04. The molecule has 1 aromatic heterocycles. The molecular weight excluding hydrogens is 312 g/mol. The minimum atomic E-state index is -0.103. The van der Waals surface area contributed by atoms with Crippen LogP contribution in [-0.4, -0.2) is 23.6 Å². The van der Waals surface area contributed by atoms with E-state index in [1.807, 2.05) is 42.6 Å². The van der Waals surface area contributed by atoms with Crippen molar-refractivity contribution in [3.8, 4) is 5.75 Å². The van der Waals surface area contributed by atoms with Gasteiger partial charge in [-0.15, -0.1) is 0 Å². The van der Waals surface area contributed by atoms with Crippen LogP contribution in [-0.2, 0) is 17.8 Å². The van der Waals surface area contributed by atoms with Crippen LogP contribution in [0.4, 0.5) is 0 Å². The monoisotopic (exact) mass is 336 g/mol. The number of para-hydroxylation sites is 1. The number of hydrogen-bond acceptors (Lipinski definition) is 2. The molecule has 1 amide bonds. The van der Waals surface area contributed by atoms with E-state index in [9.17, 15) is 4.79 Å². The quantitative estimate of drug-likeness (QED) is 0.680. The maximum absolute atomic E-state index is 11.9. The van der Waals surface area contributed by atoms with Gasteiger partial charge in [-0.3, -0.25) is 4.79 Å². The van der Waals surface area contributed by atoms with Crippen molar-refractivity contribution in [1.82, 2.24) is 9.88 Å². The normalized spacial score (nSPS) is 10.8. The zero-order valence-electron chi connectivity index (χ0n) is 14.6. The van der Waals surface area contributed by atoms with E-state index in [-0.39, 0.29) is 12.5 Å². The summed E-state index contributed by atoms with van der Waals surface area (Å²) >= 11 is 0. The van der Waals surface area contributed by atoms with Gasteiger partial charge < -0.3 is 14.6 Å². The Labute approximate surface area is 148 Å². The van der Waals surface area contributed by atoms with Gasteiger partial charge in [0.1, 0.15) is 5.75 Å². The lowest BCUT2D eigenvalue weighted by Gasteiger charge is -2.09. The number of carbonyl (C=O) groups excluding carboxylic acids is 1. The summed E-state index contributed by atoms with van der Waals surface area (Å²) in [7, 11) is 0. The van der Waals surface area contributed by atoms with Crippen LogP contribution in [0.25, 0.3) is 10.9 Å². The van der Waals surface area contributed by atoms with Gasteiger partial charge in [-0.1, -0.05) is 43.7 Å². The molecular formula is C21H24N2O2. The predicted octanol–water partition coefficient (Wildman–Crippen LogP) is 3.79. The van der Waals surface area contributed by atoms with Crippen LogP contribution in [0.1, 0.15) is 18.9 Å². The van der Waals surface area contributed by atoms with Gasteiger partial charge in [0.2, 0.25) is 0 Å². The van der Waals surface area contributed by atoms with Gasteiger partial charge in [0.25, 0.3) is 5.91 Å². The molecule has 0 saturated carbocycles. The molecule has 130 valence electrons. The van der Waals surface area contributed by atoms with E-state index in [1.54, 1.807) is 0 Å². The number of nitrogens with zero attached hydrogens (tertiary/aromatic N) is 1. The van der Waals surface area contributed by atoms with Crippen molar-refractivity contribution in [3.63, 3.8) is 0 Å². The van der Waals surface area contributed by atoms with Gasteiger partial charge in [-0.05, 0) is 41.6 Å². The van der Waals surface area contributed by atoms with Gasteiger partial charge in [0.05, 0.1) is 0 Å². The lowest BCUT2D eigenvalue weighted by molar-refractivity contribution is -0.123. The number of fused-ring (bicyclic) bond motifs is 1. The van der Waals surface area contributed by atoms with E-state index in [0.29, 0.717) is 6.54 Å². The molecule has 1 N–H and O–H groups in total. The average molecular weight is 336 g/mol. The Balaban J connectivity index is 1.42. The summed E-state index contributed by atoms with van der Waals surface area (Å²) in [6.45, 7) is 3.52. The first-order valence-corrected chi connectivity index (χ1v) is 8.78. The van der Waals surface area contributed by atoms with Crippen molar-refractivity contribution in [3.05, 3.63) is 66.4 Å². The second-order valence-electron chi connectivity index (χ2n) is 6.10. The summed E-state index contributed by atoms with van der Waals surface area (Å²) in [6.07, 6.45) is 4.24. The van der Waals surface area contributed by atoms with Crippen LogP contribution in [0.15, 0.2) is 60.8 Å². The fourth-order valence-electron chi connectivity index (χ4n) is 2.89. The largest absolute Gasteiger partial charge is 0.484 e. The summed E-state index contributed by atoms with van der Waals surface area (Å²) in [4.78, 5) is 11.9. The van der Waals surface area contributed by atoms with E-state index in [4.69, 9.17) is 4.74 Å². The van der Waals surface area contributed by atoms with Crippen molar-refractivity contribution >= 4 is 16.8 Å². The molecule has 2 aromatic carbocycles. The highest BCUT2D eigenvalue weighted by molar-refractivity contribution is 5.80. The van der Waals surface area contributed by atoms with Gasteiger partial charge in [-0.2, -0.15) is 0 Å². The van der Waals surface area contributed by atoms with Crippen LogP contribution >= 0.6 is 0 Å². The van der Waals surface area contributed by atoms with Crippen molar-refractivity contribution < 1.29 is 9.53 Å². The highest BCUT2D eigenvalue weighted by atomic mass is 16.5. The third kappa shape index (κ3) is 4.63. The first-order valence-electron chi connectivity index (χ1n) is 8.78. The molecule has 0 aliphatic heterocycles. The van der Waals surface area contributed by atoms with E-state index >= 15 is 0 Å². The van der Waals surface area contributed by atoms with Crippen LogP contribution < -0.4 is 10.1 Å². The number of aryl methyl sites for hydroxylation is 1. The summed E-state index contributed by atoms with van der Waals surface area (Å²) < 4.78 is 7.68. The van der Waals surface area contributed by atoms with Crippen molar-refractivity contribution in [1.29, 1.82) is 0 Å². The minimum absolute atomic E-state index is 0.0412. The molecule has 0 aliphatic carbocycles. The number of aromatic nitrogens is 1. The number of rotatable bonds is 8. The molecule has 0 saturated heterocycles. The number of benzene rings is 2. The molecule has 0 spiro atoms. The van der Waals surface area contributed by atoms with Crippen LogP contribution in [0.5, 0.6) is 5.75 Å². The van der Waals surface area contributed by atoms with E-state index < -0.39 is 0 Å². The Kier molecular flexibility index (Phi) is 5.73. The molecule has 1 heterocycles. The predicted molar refractivity (Wildman–Crippen MR) is 101 cm³/mol. The minimum Gasteiger partial charge on any atom is -0.484 e. The molecule has 0 radical (unpaired) electrons. The Morgan fingerprint density at radius 1 is 1.08 bits per heavy atom. The fourth-order valence-corrected chi connectivity index (χ4v) is 2.89. The lowest BCUT2D eigenvalue weighted by Crippen LogP contribution is -2.31. The van der Waals surface area contributed by atoms with Crippen molar-refractivity contribution in [2.75, 3.05) is 13.2 Å². The zero-order valence-corrected chi connectivity index (χ0v) is 14.6. The maximum atomic E-state index is 11.9. The van der Waals surface area contributed by atoms with Crippen LogP contribution in [0.3, 0.4) is 0 Å². The molecule has 0 bridgehead atoms. The average Bonchev–Trinajstić information content (AvgIpc) is 3.05. The third-order valence-corrected chi connectivity index (χ3v) is 4.19. The van der Waals surface area contributed by atoms with Gasteiger partial charge in [0.15, 0.2) is 6.61 Å². The van der Waals surface area contributed by atoms with E-state index in [0.717, 1.165) is 25.1 Å². The molecule has 0 fully saturated rings. The third-order valence-electron chi connectivity index (χ3n) is 4.19. The van der Waals surface area contributed by atoms with Crippen molar-refractivity contribution in [2.45, 2.75) is 26.3 Å². The molecule has 3 aromatic rings. The number of ether oxygens (including phenoxy) is 1. The van der Waals surface area contributed by atoms with Gasteiger partial charge in [0, 0.05) is 24.8 Å². The van der Waals surface area contributed by atoms with E-state index in [1.165, 1.54) is 16.5 Å². The summed E-state index contributed by atoms with van der Waals surface area (Å²) in [5.74, 6) is 0.625. The zero-order chi connectivity index (χ0) is 17.5. The molecule has 0 unspecified atom stereocenters. The molecule has 25 heavy (non-hydrogen) atoms. The Morgan fingerprint density at radius 2 is 1.88 bits per heavy atom. The maximum Gasteiger partial charge on any atom is 0.258 e. The van der Waals surface area contributed by atoms with Crippen molar-refractivity contribution in [2.24, 2.45) is 0 Å². The topological polar surface area (TPSA) is 43.3 Å². The Hall–Kier alpha value is -2.75. The summed E-state index contributed by atoms with van der Waals surface area (Å²) in [5.41, 5.74) is 2.47. The Morgan fingerprint density at radius 3 is 2.68 bits per heavy atom. The molecule has 0 aliphatic rings. The number of nitrogens with one attached hydrogen (secondary N) is 1. The van der Waals surface area contributed by atoms with Crippen LogP contribution in [0, 0.1) is 0 Å². The van der Waals surface area contributed by atoms with E-state index in [2.05, 4.69) is 35.0 Å². The second kappa shape index (κ2) is 8.38. The lowest BCUT2D eigenvalue weighted by atomic mass is 10.1. The standard InChI is InChI=1S/C21H24N2O2/c1-2-5-17-8-10-19(11-9-17)25-16-21(24)22-13-15-23-14-12-18-6-3-4-7-20(18)23/h3-4,6-12,14H,2,5,13,15-16H2,1H3,(H,22,24). The fraction of sp³-hybridized carbons (Fsp3) is 0.286. The molecule has 4 heteroatoms. The van der Waals surface area contributed by atoms with Crippen LogP contribution in [0.2, 0.25) is 0 Å². The first-order chi connectivity index (χ1) is 12.3. The molecule has 3 rings (SSSR count). The SMILES string of the molecule is CCCc1ccc(OCC(=O)NCCn2ccc3ccccc32)cc1. The molecule has 4 nitrogen and oxygen atoms in total. The Bertz CT molecular complexity index is 821. The highest BCUT2D eigenvalue weighted by Crippen LogP contribution is 2.15. The van der Waals surface area contributed by atoms with Gasteiger partial charge >= 0.3 is 0 Å².